The molecule has 0 atom stereocenters. The van der Waals surface area contributed by atoms with E-state index in [4.69, 9.17) is 4.18 Å². The van der Waals surface area contributed by atoms with Crippen molar-refractivity contribution in [3.63, 3.8) is 0 Å². The lowest BCUT2D eigenvalue weighted by atomic mass is 10.1. The van der Waals surface area contributed by atoms with E-state index < -0.39 is 20.9 Å². The zero-order valence-corrected chi connectivity index (χ0v) is 17.9. The molecule has 33 heavy (non-hydrogen) atoms. The molecule has 3 aromatic rings. The molecule has 0 spiro atoms. The van der Waals surface area contributed by atoms with Crippen molar-refractivity contribution in [2.75, 3.05) is 0 Å². The van der Waals surface area contributed by atoms with E-state index in [2.05, 4.69) is 5.32 Å². The summed E-state index contributed by atoms with van der Waals surface area (Å²) >= 11 is 0. The normalized spacial score (nSPS) is 11.3. The van der Waals surface area contributed by atoms with Gasteiger partial charge in [-0.15, -0.1) is 0 Å². The van der Waals surface area contributed by atoms with Crippen LogP contribution in [0, 0.1) is 21.4 Å². The number of hydrogen-bond acceptors (Lipinski definition) is 7. The second-order valence-electron chi connectivity index (χ2n) is 6.70. The van der Waals surface area contributed by atoms with Crippen LogP contribution in [-0.2, 0) is 21.5 Å². The van der Waals surface area contributed by atoms with Gasteiger partial charge in [0.05, 0.1) is 4.92 Å². The van der Waals surface area contributed by atoms with Crippen molar-refractivity contribution in [3.05, 3.63) is 106 Å². The van der Waals surface area contributed by atoms with Crippen LogP contribution >= 0.6 is 0 Å². The summed E-state index contributed by atoms with van der Waals surface area (Å²) in [5, 5.41) is 22.8. The van der Waals surface area contributed by atoms with E-state index in [-0.39, 0.29) is 28.5 Å². The number of non-ortho nitro benzene ring substituents is 1. The first-order valence-electron chi connectivity index (χ1n) is 9.51. The van der Waals surface area contributed by atoms with Crippen LogP contribution < -0.4 is 9.50 Å². The van der Waals surface area contributed by atoms with Gasteiger partial charge in [0, 0.05) is 18.7 Å². The van der Waals surface area contributed by atoms with Crippen molar-refractivity contribution in [2.45, 2.75) is 11.4 Å². The van der Waals surface area contributed by atoms with E-state index in [1.807, 2.05) is 36.4 Å². The Morgan fingerprint density at radius 3 is 2.39 bits per heavy atom. The van der Waals surface area contributed by atoms with Crippen LogP contribution in [0.5, 0.6) is 5.75 Å². The molecule has 0 unspecified atom stereocenters. The van der Waals surface area contributed by atoms with Gasteiger partial charge in [-0.05, 0) is 35.4 Å². The summed E-state index contributed by atoms with van der Waals surface area (Å²) in [4.78, 5) is 22.1. The molecular formula is C23H17N3O6S. The molecule has 0 heterocycles. The summed E-state index contributed by atoms with van der Waals surface area (Å²) in [5.74, 6) is -0.583. The molecular weight excluding hydrogens is 446 g/mol. The molecule has 0 radical (unpaired) electrons. The van der Waals surface area contributed by atoms with E-state index in [9.17, 15) is 28.6 Å². The van der Waals surface area contributed by atoms with Crippen molar-refractivity contribution in [1.29, 1.82) is 5.26 Å². The number of nitrogens with zero attached hydrogens (tertiary/aromatic N) is 2. The minimum atomic E-state index is -4.29. The number of benzene rings is 3. The van der Waals surface area contributed by atoms with Crippen LogP contribution in [0.15, 0.2) is 89.3 Å². The van der Waals surface area contributed by atoms with Gasteiger partial charge in [0.15, 0.2) is 0 Å². The summed E-state index contributed by atoms with van der Waals surface area (Å²) in [6.07, 6.45) is 1.36. The largest absolute Gasteiger partial charge is 0.379 e. The van der Waals surface area contributed by atoms with E-state index in [1.54, 1.807) is 0 Å². The maximum atomic E-state index is 12.4. The van der Waals surface area contributed by atoms with Gasteiger partial charge in [0.2, 0.25) is 0 Å². The van der Waals surface area contributed by atoms with E-state index in [0.29, 0.717) is 5.56 Å². The minimum Gasteiger partial charge on any atom is -0.379 e. The number of nitriles is 1. The molecule has 0 aliphatic carbocycles. The van der Waals surface area contributed by atoms with Gasteiger partial charge in [0.25, 0.3) is 11.6 Å². The third kappa shape index (κ3) is 6.25. The van der Waals surface area contributed by atoms with Crippen molar-refractivity contribution < 1.29 is 22.3 Å². The Bertz CT molecular complexity index is 1340. The van der Waals surface area contributed by atoms with Crippen LogP contribution in [0.3, 0.4) is 0 Å². The SMILES string of the molecule is N#C/C(=C\c1ccc(OS(=O)(=O)c2cccc([N+](=O)[O-])c2)cc1)C(=O)NCc1ccccc1. The van der Waals surface area contributed by atoms with Crippen LogP contribution in [0.25, 0.3) is 6.08 Å². The van der Waals surface area contributed by atoms with E-state index >= 15 is 0 Å². The fraction of sp³-hybridized carbons (Fsp3) is 0.0435. The van der Waals surface area contributed by atoms with Crippen LogP contribution in [-0.4, -0.2) is 19.2 Å². The Kier molecular flexibility index (Phi) is 7.17. The summed E-state index contributed by atoms with van der Waals surface area (Å²) in [6, 6.07) is 21.2. The molecule has 0 saturated heterocycles. The quantitative estimate of drug-likeness (QED) is 0.177. The predicted molar refractivity (Wildman–Crippen MR) is 119 cm³/mol. The fourth-order valence-electron chi connectivity index (χ4n) is 2.74. The van der Waals surface area contributed by atoms with Crippen LogP contribution in [0.2, 0.25) is 0 Å². The molecule has 3 rings (SSSR count). The maximum absolute atomic E-state index is 12.4. The summed E-state index contributed by atoms with van der Waals surface area (Å²) in [6.45, 7) is 0.265. The third-order valence-electron chi connectivity index (χ3n) is 4.38. The van der Waals surface area contributed by atoms with Gasteiger partial charge in [0.1, 0.15) is 22.3 Å². The first-order chi connectivity index (χ1) is 15.8. The number of amides is 1. The molecule has 1 amide bonds. The Balaban J connectivity index is 1.70. The van der Waals surface area contributed by atoms with Crippen molar-refractivity contribution >= 4 is 27.8 Å². The van der Waals surface area contributed by atoms with Gasteiger partial charge in [-0.2, -0.15) is 13.7 Å². The highest BCUT2D eigenvalue weighted by Crippen LogP contribution is 2.23. The zero-order valence-electron chi connectivity index (χ0n) is 17.0. The fourth-order valence-corrected chi connectivity index (χ4v) is 3.71. The van der Waals surface area contributed by atoms with Crippen LogP contribution in [0.4, 0.5) is 5.69 Å². The Morgan fingerprint density at radius 1 is 1.06 bits per heavy atom. The topological polar surface area (TPSA) is 139 Å². The molecule has 1 N–H and O–H groups in total. The molecule has 0 bridgehead atoms. The first-order valence-corrected chi connectivity index (χ1v) is 10.9. The number of nitrogens with one attached hydrogen (secondary N) is 1. The first kappa shape index (κ1) is 23.2. The Hall–Kier alpha value is -4.49. The number of nitro benzene ring substituents is 1. The molecule has 9 nitrogen and oxygen atoms in total. The lowest BCUT2D eigenvalue weighted by Crippen LogP contribution is -2.23. The standard InChI is InChI=1S/C23H17N3O6S/c24-15-19(23(27)25-16-18-5-2-1-3-6-18)13-17-9-11-21(12-10-17)32-33(30,31)22-8-4-7-20(14-22)26(28)29/h1-14H,16H2,(H,25,27)/b19-13+. The van der Waals surface area contributed by atoms with Crippen molar-refractivity contribution in [2.24, 2.45) is 0 Å². The van der Waals surface area contributed by atoms with Gasteiger partial charge < -0.3 is 9.50 Å². The minimum absolute atomic E-state index is 0.0364. The average Bonchev–Trinajstić information content (AvgIpc) is 2.82. The summed E-state index contributed by atoms with van der Waals surface area (Å²) in [5.41, 5.74) is 0.856. The van der Waals surface area contributed by atoms with Gasteiger partial charge in [-0.1, -0.05) is 48.5 Å². The van der Waals surface area contributed by atoms with Gasteiger partial charge in [-0.3, -0.25) is 14.9 Å². The maximum Gasteiger partial charge on any atom is 0.339 e. The molecule has 0 fully saturated rings. The summed E-state index contributed by atoms with van der Waals surface area (Å²) in [7, 11) is -4.29. The number of rotatable bonds is 8. The number of carbonyl (C=O) groups excluding carboxylic acids is 1. The molecule has 0 saturated carbocycles. The second kappa shape index (κ2) is 10.2. The van der Waals surface area contributed by atoms with E-state index in [1.165, 1.54) is 48.5 Å². The number of nitro groups is 1. The molecule has 0 aliphatic heterocycles. The molecule has 166 valence electrons. The number of hydrogen-bond donors (Lipinski definition) is 1. The Morgan fingerprint density at radius 2 is 1.76 bits per heavy atom. The molecule has 0 aliphatic rings. The second-order valence-corrected chi connectivity index (χ2v) is 8.25. The van der Waals surface area contributed by atoms with Crippen molar-refractivity contribution in [3.8, 4) is 11.8 Å². The molecule has 10 heteroatoms. The number of carbonyl (C=O) groups is 1. The Labute approximate surface area is 189 Å². The molecule has 3 aromatic carbocycles. The third-order valence-corrected chi connectivity index (χ3v) is 5.62. The van der Waals surface area contributed by atoms with Crippen LogP contribution in [0.1, 0.15) is 11.1 Å². The predicted octanol–water partition coefficient (Wildman–Crippen LogP) is 3.59. The summed E-state index contributed by atoms with van der Waals surface area (Å²) < 4.78 is 29.9. The van der Waals surface area contributed by atoms with Gasteiger partial charge >= 0.3 is 10.1 Å². The van der Waals surface area contributed by atoms with Gasteiger partial charge in [-0.25, -0.2) is 0 Å². The van der Waals surface area contributed by atoms with Crippen molar-refractivity contribution in [1.82, 2.24) is 5.32 Å². The lowest BCUT2D eigenvalue weighted by Gasteiger charge is -2.07. The zero-order chi connectivity index (χ0) is 23.8. The monoisotopic (exact) mass is 463 g/mol. The highest BCUT2D eigenvalue weighted by atomic mass is 32.2. The van der Waals surface area contributed by atoms with E-state index in [0.717, 1.165) is 11.6 Å². The smallest absolute Gasteiger partial charge is 0.339 e. The lowest BCUT2D eigenvalue weighted by molar-refractivity contribution is -0.385. The highest BCUT2D eigenvalue weighted by Gasteiger charge is 2.20. The average molecular weight is 463 g/mol. The highest BCUT2D eigenvalue weighted by molar-refractivity contribution is 7.87. The molecule has 0 aromatic heterocycles.